The maximum atomic E-state index is 12.3. The Morgan fingerprint density at radius 2 is 2.16 bits per heavy atom. The first-order valence-electron chi connectivity index (χ1n) is 5.78. The number of sulfonamides is 1. The van der Waals surface area contributed by atoms with Crippen LogP contribution in [0.5, 0.6) is 0 Å². The van der Waals surface area contributed by atoms with Crippen molar-refractivity contribution in [2.45, 2.75) is 30.1 Å². The first kappa shape index (κ1) is 14.9. The van der Waals surface area contributed by atoms with Gasteiger partial charge in [0.15, 0.2) is 9.84 Å². The van der Waals surface area contributed by atoms with Crippen molar-refractivity contribution in [1.82, 2.24) is 5.32 Å². The molecule has 2 rings (SSSR count). The number of fused-ring (bicyclic) bond motifs is 1. The molecule has 0 radical (unpaired) electrons. The lowest BCUT2D eigenvalue weighted by Crippen LogP contribution is -2.36. The standard InChI is InChI=1S/C10H16N2O4S3/c1-3-12-8-4-6(2)18(13,14)10-7(8)5-9(17-10)19(11,15)16/h5-6,10,12H,3-4H2,1-2H3,(H2,11,15,16)/t6-,10?/m0/s1. The molecule has 0 aliphatic carbocycles. The highest BCUT2D eigenvalue weighted by atomic mass is 32.3. The Balaban J connectivity index is 2.55. The Bertz CT molecular complexity index is 661. The molecule has 0 amide bonds. The smallest absolute Gasteiger partial charge is 0.244 e. The van der Waals surface area contributed by atoms with E-state index in [9.17, 15) is 16.8 Å². The van der Waals surface area contributed by atoms with Crippen LogP contribution in [0.25, 0.3) is 0 Å². The molecule has 0 aromatic heterocycles. The molecule has 0 aromatic rings. The van der Waals surface area contributed by atoms with Gasteiger partial charge in [0.1, 0.15) is 8.82 Å². The normalized spacial score (nSPS) is 29.9. The van der Waals surface area contributed by atoms with E-state index in [0.717, 1.165) is 17.5 Å². The zero-order valence-corrected chi connectivity index (χ0v) is 13.0. The largest absolute Gasteiger partial charge is 0.388 e. The zero-order chi connectivity index (χ0) is 14.4. The second-order valence-electron chi connectivity index (χ2n) is 4.53. The number of rotatable bonds is 3. The van der Waals surface area contributed by atoms with Crippen molar-refractivity contribution < 1.29 is 16.8 Å². The van der Waals surface area contributed by atoms with Gasteiger partial charge in [0.05, 0.1) is 5.25 Å². The molecule has 0 fully saturated rings. The van der Waals surface area contributed by atoms with Crippen molar-refractivity contribution in [3.05, 3.63) is 21.6 Å². The van der Waals surface area contributed by atoms with Gasteiger partial charge in [0, 0.05) is 24.2 Å². The molecule has 19 heavy (non-hydrogen) atoms. The van der Waals surface area contributed by atoms with Crippen molar-refractivity contribution in [2.75, 3.05) is 6.54 Å². The van der Waals surface area contributed by atoms with Crippen LogP contribution in [0.15, 0.2) is 21.6 Å². The van der Waals surface area contributed by atoms with Crippen LogP contribution in [0.1, 0.15) is 20.3 Å². The molecule has 0 bridgehead atoms. The minimum absolute atomic E-state index is 0.0828. The van der Waals surface area contributed by atoms with Gasteiger partial charge in [-0.25, -0.2) is 22.0 Å². The number of hydrogen-bond donors (Lipinski definition) is 2. The summed E-state index contributed by atoms with van der Waals surface area (Å²) in [5.74, 6) is 0. The minimum Gasteiger partial charge on any atom is -0.388 e. The second-order valence-corrected chi connectivity index (χ2v) is 10.2. The van der Waals surface area contributed by atoms with Crippen molar-refractivity contribution in [3.63, 3.8) is 0 Å². The van der Waals surface area contributed by atoms with E-state index in [1.54, 1.807) is 6.92 Å². The Kier molecular flexibility index (Phi) is 3.76. The lowest BCUT2D eigenvalue weighted by atomic mass is 10.1. The van der Waals surface area contributed by atoms with Gasteiger partial charge in [-0.2, -0.15) is 0 Å². The summed E-state index contributed by atoms with van der Waals surface area (Å²) in [5.41, 5.74) is 1.31. The molecule has 0 saturated heterocycles. The lowest BCUT2D eigenvalue weighted by molar-refractivity contribution is 0.573. The molecule has 3 N–H and O–H groups in total. The van der Waals surface area contributed by atoms with Crippen LogP contribution < -0.4 is 10.5 Å². The highest BCUT2D eigenvalue weighted by Crippen LogP contribution is 2.46. The quantitative estimate of drug-likeness (QED) is 0.771. The first-order chi connectivity index (χ1) is 8.67. The summed E-state index contributed by atoms with van der Waals surface area (Å²) < 4.78 is 46.4. The molecule has 0 spiro atoms. The zero-order valence-electron chi connectivity index (χ0n) is 10.6. The fourth-order valence-electron chi connectivity index (χ4n) is 2.14. The number of nitrogens with one attached hydrogen (secondary N) is 1. The maximum absolute atomic E-state index is 12.3. The molecule has 2 heterocycles. The molecule has 6 nitrogen and oxygen atoms in total. The summed E-state index contributed by atoms with van der Waals surface area (Å²) in [6.45, 7) is 4.20. The summed E-state index contributed by atoms with van der Waals surface area (Å²) >= 11 is 0.804. The SMILES string of the molecule is CCNC1=C2C=C(S(N)(=O)=O)SC2S(=O)(=O)[C@@H](C)C1. The molecule has 2 aliphatic rings. The fourth-order valence-corrected chi connectivity index (χ4v) is 6.98. The molecular formula is C10H16N2O4S3. The van der Waals surface area contributed by atoms with Gasteiger partial charge in [0.25, 0.3) is 0 Å². The first-order valence-corrected chi connectivity index (χ1v) is 9.82. The van der Waals surface area contributed by atoms with Crippen LogP contribution in [-0.4, -0.2) is 33.2 Å². The van der Waals surface area contributed by atoms with Crippen molar-refractivity contribution in [3.8, 4) is 0 Å². The average molecular weight is 324 g/mol. The highest BCUT2D eigenvalue weighted by molar-refractivity contribution is 8.24. The van der Waals surface area contributed by atoms with Crippen LogP contribution in [0, 0.1) is 0 Å². The van der Waals surface area contributed by atoms with Crippen LogP contribution in [0.4, 0.5) is 0 Å². The molecule has 2 atom stereocenters. The predicted molar refractivity (Wildman–Crippen MR) is 76.3 cm³/mol. The number of hydrogen-bond acceptors (Lipinski definition) is 6. The van der Waals surface area contributed by atoms with E-state index >= 15 is 0 Å². The third kappa shape index (κ3) is 2.56. The van der Waals surface area contributed by atoms with Gasteiger partial charge in [-0.1, -0.05) is 11.8 Å². The summed E-state index contributed by atoms with van der Waals surface area (Å²) in [5, 5.41) is 7.67. The topological polar surface area (TPSA) is 106 Å². The minimum atomic E-state index is -3.87. The van der Waals surface area contributed by atoms with E-state index in [0.29, 0.717) is 18.5 Å². The van der Waals surface area contributed by atoms with Crippen LogP contribution in [0.3, 0.4) is 0 Å². The fraction of sp³-hybridized carbons (Fsp3) is 0.600. The van der Waals surface area contributed by atoms with Crippen molar-refractivity contribution >= 4 is 31.6 Å². The monoisotopic (exact) mass is 324 g/mol. The van der Waals surface area contributed by atoms with E-state index in [1.807, 2.05) is 6.92 Å². The number of thioether (sulfide) groups is 1. The Labute approximate surface area is 117 Å². The molecule has 1 unspecified atom stereocenters. The number of primary sulfonamides is 1. The van der Waals surface area contributed by atoms with Crippen molar-refractivity contribution in [1.29, 1.82) is 0 Å². The van der Waals surface area contributed by atoms with Crippen LogP contribution in [-0.2, 0) is 19.9 Å². The third-order valence-electron chi connectivity index (χ3n) is 3.12. The van der Waals surface area contributed by atoms with Gasteiger partial charge in [-0.15, -0.1) is 0 Å². The highest BCUT2D eigenvalue weighted by Gasteiger charge is 2.45. The molecule has 0 aromatic carbocycles. The van der Waals surface area contributed by atoms with Crippen LogP contribution >= 0.6 is 11.8 Å². The van der Waals surface area contributed by atoms with Gasteiger partial charge < -0.3 is 5.32 Å². The predicted octanol–water partition coefficient (Wildman–Crippen LogP) is 0.260. The summed E-state index contributed by atoms with van der Waals surface area (Å²) in [7, 11) is -7.26. The molecular weight excluding hydrogens is 308 g/mol. The molecule has 0 saturated carbocycles. The van der Waals surface area contributed by atoms with Crippen molar-refractivity contribution in [2.24, 2.45) is 5.14 Å². The van der Waals surface area contributed by atoms with E-state index in [4.69, 9.17) is 5.14 Å². The molecule has 2 aliphatic heterocycles. The summed E-state index contributed by atoms with van der Waals surface area (Å²) in [6.07, 6.45) is 1.75. The summed E-state index contributed by atoms with van der Waals surface area (Å²) in [4.78, 5) is 0. The molecule has 108 valence electrons. The third-order valence-corrected chi connectivity index (χ3v) is 8.84. The van der Waals surface area contributed by atoms with E-state index in [-0.39, 0.29) is 4.24 Å². The van der Waals surface area contributed by atoms with Crippen LogP contribution in [0.2, 0.25) is 0 Å². The number of sulfone groups is 1. The summed E-state index contributed by atoms with van der Waals surface area (Å²) in [6, 6.07) is 0. The van der Waals surface area contributed by atoms with Gasteiger partial charge >= 0.3 is 0 Å². The van der Waals surface area contributed by atoms with E-state index < -0.39 is 29.7 Å². The lowest BCUT2D eigenvalue weighted by Gasteiger charge is -2.28. The van der Waals surface area contributed by atoms with Gasteiger partial charge in [-0.05, 0) is 19.9 Å². The molecule has 9 heteroatoms. The number of allylic oxidation sites excluding steroid dienone is 2. The Hall–Kier alpha value is -0.510. The Morgan fingerprint density at radius 1 is 1.53 bits per heavy atom. The number of nitrogens with two attached hydrogens (primary N) is 1. The van der Waals surface area contributed by atoms with E-state index in [1.165, 1.54) is 6.08 Å². The average Bonchev–Trinajstić information content (AvgIpc) is 2.72. The van der Waals surface area contributed by atoms with Gasteiger partial charge in [0.2, 0.25) is 10.0 Å². The Morgan fingerprint density at radius 3 is 2.68 bits per heavy atom. The van der Waals surface area contributed by atoms with Gasteiger partial charge in [-0.3, -0.25) is 0 Å². The van der Waals surface area contributed by atoms with E-state index in [2.05, 4.69) is 5.32 Å². The second kappa shape index (κ2) is 4.80. The maximum Gasteiger partial charge on any atom is 0.244 e.